The Bertz CT molecular complexity index is 4420. The molecular weight excluding hydrogens is 1170 g/mol. The number of aromatic nitrogens is 5. The van der Waals surface area contributed by atoms with Crippen molar-refractivity contribution < 1.29 is 42.7 Å². The van der Waals surface area contributed by atoms with Crippen LogP contribution in [0.2, 0.25) is 0 Å². The van der Waals surface area contributed by atoms with E-state index < -0.39 is 38.3 Å². The summed E-state index contributed by atoms with van der Waals surface area (Å²) in [6, 6.07) is 32.0. The average Bonchev–Trinajstić information content (AvgIpc) is 1.33. The van der Waals surface area contributed by atoms with Crippen molar-refractivity contribution in [2.45, 2.75) is 34.2 Å². The molecule has 27 nitrogen and oxygen atoms in total. The van der Waals surface area contributed by atoms with Crippen molar-refractivity contribution in [3.05, 3.63) is 201 Å². The first-order valence-corrected chi connectivity index (χ1v) is 29.6. The minimum absolute atomic E-state index is 0.0574. The number of amides is 3. The SMILES string of the molecule is CCOC(=O)c1c(N2CCN(C(=O)c3ccco3)CC2)c2ccccc2n(CC(C)C)c1=O.Cc1cc(C(=O)N2CCN(c3c([N+](=O)[O-])c(=O)n(C)c4ccccc34)CC2)no1.Cn1c(=O)c([N+](=O)[O-])c(N2CCN(C(=O)c3ccccn3)CC2)c2ccccc21. The number of fused-ring (bicyclic) bond motifs is 3. The molecule has 0 bridgehead atoms. The van der Waals surface area contributed by atoms with Crippen LogP contribution in [-0.4, -0.2) is 157 Å². The molecule has 3 aliphatic rings. The Morgan fingerprint density at radius 3 is 1.45 bits per heavy atom. The molecule has 0 unspecified atom stereocenters. The minimum atomic E-state index is -0.653. The molecule has 0 N–H and O–H groups in total. The molecule has 27 heteroatoms. The Morgan fingerprint density at radius 1 is 0.571 bits per heavy atom. The van der Waals surface area contributed by atoms with Crippen LogP contribution >= 0.6 is 0 Å². The fourth-order valence-corrected chi connectivity index (χ4v) is 11.8. The number of piperazine rings is 3. The van der Waals surface area contributed by atoms with Crippen LogP contribution in [-0.2, 0) is 25.4 Å². The second-order valence-electron chi connectivity index (χ2n) is 22.3. The standard InChI is InChI=1S/C25H29N3O5.C20H19N5O4.C19H19N5O5/c1-4-32-25(31)21-22(18-8-5-6-9-19(18)28(24(21)30)16-17(2)3)26-11-13-27(14-12-26)23(29)20-10-7-15-33-20;1-22-16-8-3-2-6-14(16)17(18(20(22)27)25(28)29)23-10-12-24(13-11-23)19(26)15-7-4-5-9-21-15;1-12-11-14(20-29-12)18(25)23-9-7-22(8-10-23)16-13-5-3-4-6-15(13)21(2)19(26)17(16)24(27)28/h5-10,15,17H,4,11-14,16H2,1-3H3;2-9H,10-13H2,1H3;3-6,11H,7-10H2,1-2H3. The van der Waals surface area contributed by atoms with Gasteiger partial charge in [-0.1, -0.05) is 79.7 Å². The fraction of sp³-hybridized carbons (Fsp3) is 0.328. The number of aryl methyl sites for hydroxylation is 3. The predicted octanol–water partition coefficient (Wildman–Crippen LogP) is 6.90. The Morgan fingerprint density at radius 2 is 1.02 bits per heavy atom. The second-order valence-corrected chi connectivity index (χ2v) is 22.3. The highest BCUT2D eigenvalue weighted by atomic mass is 16.6. The van der Waals surface area contributed by atoms with Gasteiger partial charge in [-0.2, -0.15) is 0 Å². The summed E-state index contributed by atoms with van der Waals surface area (Å²) in [5, 5.41) is 29.3. The van der Waals surface area contributed by atoms with Crippen molar-refractivity contribution in [2.24, 2.45) is 20.0 Å². The Kier molecular flexibility index (Phi) is 18.8. The van der Waals surface area contributed by atoms with Crippen LogP contribution in [0, 0.1) is 33.1 Å². The average molecular weight is 1240 g/mol. The number of furan rings is 1. The quantitative estimate of drug-likeness (QED) is 0.0682. The molecule has 3 amide bonds. The van der Waals surface area contributed by atoms with Crippen molar-refractivity contribution in [3.8, 4) is 0 Å². The number of ether oxygens (including phenoxy) is 1. The van der Waals surface area contributed by atoms with E-state index in [-0.39, 0.29) is 47.1 Å². The van der Waals surface area contributed by atoms with Crippen molar-refractivity contribution in [3.63, 3.8) is 0 Å². The number of carbonyl (C=O) groups excluding carboxylic acids is 4. The van der Waals surface area contributed by atoms with Crippen molar-refractivity contribution >= 4 is 84.8 Å². The fourth-order valence-electron chi connectivity index (χ4n) is 11.8. The van der Waals surface area contributed by atoms with E-state index in [1.54, 1.807) is 129 Å². The molecule has 0 saturated carbocycles. The summed E-state index contributed by atoms with van der Waals surface area (Å²) < 4.78 is 19.8. The summed E-state index contributed by atoms with van der Waals surface area (Å²) in [6.07, 6.45) is 3.05. The van der Waals surface area contributed by atoms with E-state index in [0.29, 0.717) is 141 Å². The van der Waals surface area contributed by atoms with E-state index in [1.165, 1.54) is 29.5 Å². The molecule has 3 saturated heterocycles. The van der Waals surface area contributed by atoms with E-state index in [0.717, 1.165) is 10.9 Å². The zero-order chi connectivity index (χ0) is 64.8. The highest BCUT2D eigenvalue weighted by Crippen LogP contribution is 2.36. The zero-order valence-electron chi connectivity index (χ0n) is 51.1. The topological polar surface area (TPSA) is 301 Å². The minimum Gasteiger partial charge on any atom is -0.462 e. The van der Waals surface area contributed by atoms with E-state index in [2.05, 4.69) is 10.1 Å². The van der Waals surface area contributed by atoms with E-state index in [9.17, 15) is 53.8 Å². The molecule has 0 radical (unpaired) electrons. The van der Waals surface area contributed by atoms with E-state index in [1.807, 2.05) is 47.9 Å². The first-order valence-electron chi connectivity index (χ1n) is 29.6. The van der Waals surface area contributed by atoms with Crippen LogP contribution in [0.15, 0.2) is 145 Å². The van der Waals surface area contributed by atoms with Gasteiger partial charge in [0.15, 0.2) is 11.5 Å². The van der Waals surface area contributed by atoms with Gasteiger partial charge in [-0.3, -0.25) is 54.0 Å². The maximum atomic E-state index is 13.6. The number of esters is 1. The molecule has 12 rings (SSSR count). The highest BCUT2D eigenvalue weighted by molar-refractivity contribution is 6.06. The predicted molar refractivity (Wildman–Crippen MR) is 339 cm³/mol. The van der Waals surface area contributed by atoms with Gasteiger partial charge in [-0.15, -0.1) is 0 Å². The van der Waals surface area contributed by atoms with Gasteiger partial charge in [0.05, 0.1) is 45.0 Å². The lowest BCUT2D eigenvalue weighted by atomic mass is 10.0. The third-order valence-electron chi connectivity index (χ3n) is 16.2. The van der Waals surface area contributed by atoms with E-state index in [4.69, 9.17) is 13.7 Å². The number of rotatable bonds is 12. The summed E-state index contributed by atoms with van der Waals surface area (Å²) in [7, 11) is 3.06. The maximum Gasteiger partial charge on any atom is 0.357 e. The monoisotopic (exact) mass is 1240 g/mol. The van der Waals surface area contributed by atoms with Gasteiger partial charge >= 0.3 is 28.5 Å². The number of hydrogen-bond donors (Lipinski definition) is 0. The largest absolute Gasteiger partial charge is 0.462 e. The number of nitro groups is 2. The molecular formula is C64H67N13O14. The molecule has 472 valence electrons. The first-order chi connectivity index (χ1) is 43.8. The van der Waals surface area contributed by atoms with Gasteiger partial charge < -0.3 is 56.8 Å². The van der Waals surface area contributed by atoms with Crippen LogP contribution in [0.5, 0.6) is 0 Å². The first kappa shape index (κ1) is 63.0. The number of carbonyl (C=O) groups is 4. The summed E-state index contributed by atoms with van der Waals surface area (Å²) in [4.78, 5) is 127. The molecule has 9 aromatic rings. The summed E-state index contributed by atoms with van der Waals surface area (Å²) >= 11 is 0. The number of anilines is 3. The molecule has 3 fully saturated rings. The molecule has 91 heavy (non-hydrogen) atoms. The summed E-state index contributed by atoms with van der Waals surface area (Å²) in [6.45, 7) is 13.0. The van der Waals surface area contributed by atoms with Crippen LogP contribution in [0.1, 0.15) is 68.4 Å². The maximum absolute atomic E-state index is 13.6. The summed E-state index contributed by atoms with van der Waals surface area (Å²) in [5.74, 6) is -0.120. The zero-order valence-corrected chi connectivity index (χ0v) is 51.1. The molecule has 3 aromatic carbocycles. The van der Waals surface area contributed by atoms with Gasteiger partial charge in [-0.05, 0) is 62.2 Å². The van der Waals surface area contributed by atoms with Crippen molar-refractivity contribution in [2.75, 3.05) is 99.8 Å². The van der Waals surface area contributed by atoms with Gasteiger partial charge in [0.2, 0.25) is 0 Å². The molecule has 3 aliphatic heterocycles. The lowest BCUT2D eigenvalue weighted by Gasteiger charge is -2.37. The highest BCUT2D eigenvalue weighted by Gasteiger charge is 2.35. The third kappa shape index (κ3) is 12.8. The summed E-state index contributed by atoms with van der Waals surface area (Å²) in [5.41, 5.74) is 1.38. The third-order valence-corrected chi connectivity index (χ3v) is 16.2. The molecule has 0 atom stereocenters. The van der Waals surface area contributed by atoms with Crippen LogP contribution in [0.3, 0.4) is 0 Å². The van der Waals surface area contributed by atoms with Crippen LogP contribution in [0.25, 0.3) is 32.7 Å². The lowest BCUT2D eigenvalue weighted by molar-refractivity contribution is -0.385. The molecule has 9 heterocycles. The van der Waals surface area contributed by atoms with Crippen LogP contribution in [0.4, 0.5) is 28.4 Å². The normalized spacial score (nSPS) is 14.3. The number of pyridine rings is 4. The molecule has 0 aliphatic carbocycles. The van der Waals surface area contributed by atoms with Gasteiger partial charge in [0.25, 0.3) is 23.3 Å². The van der Waals surface area contributed by atoms with Gasteiger partial charge in [0, 0.05) is 128 Å². The van der Waals surface area contributed by atoms with Crippen molar-refractivity contribution in [1.82, 2.24) is 38.5 Å². The Balaban J connectivity index is 0.000000150. The number of para-hydroxylation sites is 3. The molecule has 6 aromatic heterocycles. The Hall–Kier alpha value is -11.0. The van der Waals surface area contributed by atoms with Gasteiger partial charge in [-0.25, -0.2) is 4.79 Å². The lowest BCUT2D eigenvalue weighted by Crippen LogP contribution is -2.49. The molecule has 0 spiro atoms. The second kappa shape index (κ2) is 27.2. The van der Waals surface area contributed by atoms with Gasteiger partial charge in [0.1, 0.15) is 28.4 Å². The Labute approximate surface area is 519 Å². The number of benzene rings is 3. The smallest absolute Gasteiger partial charge is 0.357 e. The van der Waals surface area contributed by atoms with Crippen molar-refractivity contribution in [1.29, 1.82) is 0 Å². The van der Waals surface area contributed by atoms with E-state index >= 15 is 0 Å². The number of hydrogen-bond acceptors (Lipinski definition) is 19. The number of nitrogens with zero attached hydrogens (tertiary/aromatic N) is 13. The van der Waals surface area contributed by atoms with Crippen LogP contribution < -0.4 is 31.4 Å².